The van der Waals surface area contributed by atoms with Gasteiger partial charge in [-0.25, -0.2) is 9.59 Å². The van der Waals surface area contributed by atoms with E-state index < -0.39 is 36.3 Å². The van der Waals surface area contributed by atoms with E-state index in [1.54, 1.807) is 42.8 Å². The lowest BCUT2D eigenvalue weighted by atomic mass is 9.98. The molecule has 1 heterocycles. The normalized spacial score (nSPS) is 12.7. The molecule has 0 saturated carbocycles. The summed E-state index contributed by atoms with van der Waals surface area (Å²) in [5, 5.41) is 10.1. The third-order valence-electron chi connectivity index (χ3n) is 7.74. The molecule has 1 N–H and O–H groups in total. The molecule has 1 atom stereocenters. The Balaban J connectivity index is 1.56. The fraction of sp³-hybridized carbons (Fsp3) is 0.212. The summed E-state index contributed by atoms with van der Waals surface area (Å²) in [7, 11) is 2.78. The van der Waals surface area contributed by atoms with E-state index in [-0.39, 0.29) is 23.8 Å². The lowest BCUT2D eigenvalue weighted by molar-refractivity contribution is -0.147. The Hall–Kier alpha value is -4.89. The maximum absolute atomic E-state index is 14.0. The number of fused-ring (bicyclic) bond motifs is 3. The van der Waals surface area contributed by atoms with Crippen LogP contribution in [0.25, 0.3) is 11.1 Å². The van der Waals surface area contributed by atoms with Crippen LogP contribution in [0.3, 0.4) is 0 Å². The quantitative estimate of drug-likeness (QED) is 0.185. The van der Waals surface area contributed by atoms with Gasteiger partial charge >= 0.3 is 18.0 Å². The molecule has 4 aromatic rings. The number of aliphatic carboxylic acids is 1. The fourth-order valence-electron chi connectivity index (χ4n) is 5.55. The number of methoxy groups -OCH3 is 1. The Morgan fingerprint density at radius 3 is 2.09 bits per heavy atom. The molecule has 1 aromatic heterocycles. The summed E-state index contributed by atoms with van der Waals surface area (Å²) in [5.41, 5.74) is 4.93. The first-order valence-corrected chi connectivity index (χ1v) is 13.9. The summed E-state index contributed by atoms with van der Waals surface area (Å²) in [6.45, 7) is 1.60. The highest BCUT2D eigenvalue weighted by Crippen LogP contribution is 2.44. The number of carbonyl (C=O) groups excluding carboxylic acids is 3. The molecule has 0 spiro atoms. The molecule has 0 saturated heterocycles. The van der Waals surface area contributed by atoms with Crippen molar-refractivity contribution < 1.29 is 33.8 Å². The van der Waals surface area contributed by atoms with E-state index >= 15 is 0 Å². The number of hydrogen-bond donors (Lipinski definition) is 1. The van der Waals surface area contributed by atoms with Crippen molar-refractivity contribution >= 4 is 41.1 Å². The Kier molecular flexibility index (Phi) is 8.36. The van der Waals surface area contributed by atoms with Crippen LogP contribution in [0.15, 0.2) is 79.0 Å². The van der Waals surface area contributed by atoms with Gasteiger partial charge in [0.25, 0.3) is 0 Å². The van der Waals surface area contributed by atoms with E-state index in [0.29, 0.717) is 16.3 Å². The molecular formula is C33H29ClN2O7. The first-order chi connectivity index (χ1) is 20.6. The topological polar surface area (TPSA) is 115 Å². The second kappa shape index (κ2) is 12.1. The van der Waals surface area contributed by atoms with Gasteiger partial charge in [-0.3, -0.25) is 14.5 Å². The van der Waals surface area contributed by atoms with Crippen LogP contribution in [0.1, 0.15) is 45.1 Å². The maximum atomic E-state index is 14.0. The monoisotopic (exact) mass is 600 g/mol. The predicted octanol–water partition coefficient (Wildman–Crippen LogP) is 5.99. The first kappa shape index (κ1) is 29.6. The molecule has 3 aromatic carbocycles. The number of aryl methyl sites for hydroxylation is 1. The smallest absolute Gasteiger partial charge is 0.415 e. The molecule has 0 fully saturated rings. The van der Waals surface area contributed by atoms with Crippen LogP contribution in [-0.4, -0.2) is 53.2 Å². The molecule has 1 amide bonds. The molecule has 0 aliphatic heterocycles. The number of amides is 1. The van der Waals surface area contributed by atoms with Gasteiger partial charge in [0.05, 0.1) is 24.8 Å². The van der Waals surface area contributed by atoms with Crippen LogP contribution in [0.5, 0.6) is 0 Å². The Morgan fingerprint density at radius 2 is 1.53 bits per heavy atom. The van der Waals surface area contributed by atoms with Gasteiger partial charge in [0, 0.05) is 35.4 Å². The molecule has 43 heavy (non-hydrogen) atoms. The number of aromatic nitrogens is 1. The number of benzene rings is 3. The maximum Gasteiger partial charge on any atom is 0.415 e. The van der Waals surface area contributed by atoms with Gasteiger partial charge in [-0.05, 0) is 53.4 Å². The van der Waals surface area contributed by atoms with E-state index in [9.17, 15) is 24.3 Å². The molecule has 1 aliphatic carbocycles. The summed E-state index contributed by atoms with van der Waals surface area (Å²) in [6.07, 6.45) is -0.272. The van der Waals surface area contributed by atoms with Crippen molar-refractivity contribution in [2.45, 2.75) is 25.3 Å². The molecule has 0 unspecified atom stereocenters. The average molecular weight is 601 g/mol. The van der Waals surface area contributed by atoms with Crippen molar-refractivity contribution in [3.8, 4) is 11.1 Å². The molecule has 220 valence electrons. The summed E-state index contributed by atoms with van der Waals surface area (Å²) < 4.78 is 12.4. The van der Waals surface area contributed by atoms with Crippen LogP contribution < -0.4 is 4.90 Å². The van der Waals surface area contributed by atoms with Gasteiger partial charge in [-0.1, -0.05) is 60.1 Å². The highest BCUT2D eigenvalue weighted by Gasteiger charge is 2.39. The van der Waals surface area contributed by atoms with Gasteiger partial charge in [-0.15, -0.1) is 0 Å². The number of rotatable bonds is 9. The number of ether oxygens (including phenoxy) is 2. The number of esters is 1. The first-order valence-electron chi connectivity index (χ1n) is 13.5. The Morgan fingerprint density at radius 1 is 0.953 bits per heavy atom. The van der Waals surface area contributed by atoms with E-state index in [1.807, 2.05) is 48.5 Å². The van der Waals surface area contributed by atoms with Crippen molar-refractivity contribution in [3.05, 3.63) is 112 Å². The van der Waals surface area contributed by atoms with E-state index in [1.165, 1.54) is 6.20 Å². The fourth-order valence-corrected chi connectivity index (χ4v) is 5.68. The molecule has 9 nitrogen and oxygen atoms in total. The number of hydrogen-bond acceptors (Lipinski definition) is 6. The van der Waals surface area contributed by atoms with Crippen LogP contribution in [0, 0.1) is 6.92 Å². The number of carboxylic acids is 1. The standard InChI is InChI=1S/C33H29ClN2O7/c1-19-30(31(39)20-12-14-21(34)15-13-20)28(17-35(19)2)36(27(16-29(37)38)32(40)42-3)33(41)43-18-26-24-10-6-4-8-22(24)23-9-5-7-11-25(23)26/h4-15,17,26-27H,16,18H2,1-3H3,(H,37,38)/t27-/m0/s1. The summed E-state index contributed by atoms with van der Waals surface area (Å²) in [6, 6.07) is 20.3. The predicted molar refractivity (Wildman–Crippen MR) is 161 cm³/mol. The van der Waals surface area contributed by atoms with Crippen LogP contribution >= 0.6 is 11.6 Å². The van der Waals surface area contributed by atoms with Crippen molar-refractivity contribution in [2.24, 2.45) is 7.05 Å². The zero-order valence-corrected chi connectivity index (χ0v) is 24.5. The Bertz CT molecular complexity index is 1680. The minimum absolute atomic E-state index is 0.0221. The molecule has 10 heteroatoms. The third-order valence-corrected chi connectivity index (χ3v) is 7.99. The van der Waals surface area contributed by atoms with Crippen LogP contribution in [0.4, 0.5) is 10.5 Å². The largest absolute Gasteiger partial charge is 0.481 e. The summed E-state index contributed by atoms with van der Waals surface area (Å²) >= 11 is 6.02. The van der Waals surface area contributed by atoms with E-state index in [0.717, 1.165) is 34.3 Å². The molecule has 5 rings (SSSR count). The molecule has 0 radical (unpaired) electrons. The minimum Gasteiger partial charge on any atom is -0.481 e. The lowest BCUT2D eigenvalue weighted by Gasteiger charge is -2.29. The van der Waals surface area contributed by atoms with Crippen molar-refractivity contribution in [2.75, 3.05) is 18.6 Å². The number of ketones is 1. The van der Waals surface area contributed by atoms with Crippen molar-refractivity contribution in [1.82, 2.24) is 4.57 Å². The van der Waals surface area contributed by atoms with Gasteiger partial charge < -0.3 is 19.1 Å². The number of halogens is 1. The van der Waals surface area contributed by atoms with Crippen LogP contribution in [-0.2, 0) is 26.1 Å². The van der Waals surface area contributed by atoms with Crippen LogP contribution in [0.2, 0.25) is 5.02 Å². The zero-order valence-electron chi connectivity index (χ0n) is 23.7. The number of carboxylic acid groups (broad SMARTS) is 1. The van der Waals surface area contributed by atoms with Gasteiger partial charge in [0.15, 0.2) is 5.78 Å². The Labute approximate surface area is 253 Å². The summed E-state index contributed by atoms with van der Waals surface area (Å²) in [5.74, 6) is -3.05. The number of nitrogens with zero attached hydrogens (tertiary/aromatic N) is 2. The van der Waals surface area contributed by atoms with Gasteiger partial charge in [-0.2, -0.15) is 0 Å². The van der Waals surface area contributed by atoms with Gasteiger partial charge in [0.2, 0.25) is 0 Å². The zero-order chi connectivity index (χ0) is 30.8. The number of carbonyl (C=O) groups is 4. The SMILES string of the molecule is COC(=O)[C@H](CC(=O)O)N(C(=O)OCC1c2ccccc2-c2ccccc21)c1cn(C)c(C)c1C(=O)c1ccc(Cl)cc1. The second-order valence-electron chi connectivity index (χ2n) is 10.2. The van der Waals surface area contributed by atoms with E-state index in [2.05, 4.69) is 0 Å². The molecule has 1 aliphatic rings. The lowest BCUT2D eigenvalue weighted by Crippen LogP contribution is -2.48. The number of anilines is 1. The average Bonchev–Trinajstić information content (AvgIpc) is 3.48. The minimum atomic E-state index is -1.61. The molecule has 0 bridgehead atoms. The molecular weight excluding hydrogens is 572 g/mol. The summed E-state index contributed by atoms with van der Waals surface area (Å²) in [4.78, 5) is 53.6. The van der Waals surface area contributed by atoms with Gasteiger partial charge in [0.1, 0.15) is 12.6 Å². The highest BCUT2D eigenvalue weighted by atomic mass is 35.5. The van der Waals surface area contributed by atoms with Crippen molar-refractivity contribution in [1.29, 1.82) is 0 Å². The second-order valence-corrected chi connectivity index (χ2v) is 10.7. The van der Waals surface area contributed by atoms with Crippen molar-refractivity contribution in [3.63, 3.8) is 0 Å². The highest BCUT2D eigenvalue weighted by molar-refractivity contribution is 6.30. The van der Waals surface area contributed by atoms with E-state index in [4.69, 9.17) is 21.1 Å². The third kappa shape index (κ3) is 5.63.